The van der Waals surface area contributed by atoms with Gasteiger partial charge in [0.2, 0.25) is 0 Å². The quantitative estimate of drug-likeness (QED) is 0.206. The number of benzene rings is 1. The highest BCUT2D eigenvalue weighted by Crippen LogP contribution is 2.70. The van der Waals surface area contributed by atoms with Crippen LogP contribution >= 0.6 is 0 Å². The molecule has 1 amide bonds. The van der Waals surface area contributed by atoms with E-state index in [0.717, 1.165) is 24.8 Å². The predicted molar refractivity (Wildman–Crippen MR) is 148 cm³/mol. The Morgan fingerprint density at radius 1 is 1.12 bits per heavy atom. The number of hydrogen-bond acceptors (Lipinski definition) is 9. The second-order valence-corrected chi connectivity index (χ2v) is 13.1. The lowest BCUT2D eigenvalue weighted by atomic mass is 9.41. The van der Waals surface area contributed by atoms with Gasteiger partial charge in [-0.3, -0.25) is 4.79 Å². The molecule has 1 aromatic rings. The van der Waals surface area contributed by atoms with Crippen molar-refractivity contribution >= 4 is 18.1 Å². The van der Waals surface area contributed by atoms with Gasteiger partial charge in [-0.15, -0.1) is 0 Å². The summed E-state index contributed by atoms with van der Waals surface area (Å²) in [5.41, 5.74) is 0.326. The fraction of sp³-hybridized carbons (Fsp3) is 0.645. The first-order valence-electron chi connectivity index (χ1n) is 14.7. The van der Waals surface area contributed by atoms with Gasteiger partial charge >= 0.3 is 5.97 Å². The van der Waals surface area contributed by atoms with E-state index < -0.39 is 34.0 Å². The molecule has 5 aliphatic rings. The van der Waals surface area contributed by atoms with E-state index in [2.05, 4.69) is 17.5 Å². The lowest BCUT2D eigenvalue weighted by molar-refractivity contribution is -0.237. The first-order chi connectivity index (χ1) is 19.5. The maximum Gasteiger partial charge on any atom is 0.331 e. The Labute approximate surface area is 239 Å². The lowest BCUT2D eigenvalue weighted by Crippen LogP contribution is -2.68. The highest BCUT2D eigenvalue weighted by Gasteiger charge is 2.71. The number of phenolic OH excluding ortho intramolecular Hbond substituents is 1. The third-order valence-corrected chi connectivity index (χ3v) is 11.5. The SMILES string of the molecule is COc1cc(C(=O)N/N=C/C23CC[C@@H](O)CC2(O)CC[C@@H]2[C@@H]3CCC3(C)C(C4=CC(=O)OC4)CCC23O)ccc1O. The van der Waals surface area contributed by atoms with Gasteiger partial charge in [0.25, 0.3) is 5.91 Å². The second kappa shape index (κ2) is 9.81. The van der Waals surface area contributed by atoms with Crippen LogP contribution in [0, 0.1) is 28.6 Å². The number of ether oxygens (including phenoxy) is 2. The van der Waals surface area contributed by atoms with Crippen molar-refractivity contribution in [1.29, 1.82) is 0 Å². The Morgan fingerprint density at radius 3 is 2.63 bits per heavy atom. The molecule has 222 valence electrons. The van der Waals surface area contributed by atoms with E-state index in [1.807, 2.05) is 0 Å². The van der Waals surface area contributed by atoms with Crippen molar-refractivity contribution in [3.05, 3.63) is 35.4 Å². The highest BCUT2D eigenvalue weighted by atomic mass is 16.5. The summed E-state index contributed by atoms with van der Waals surface area (Å²) in [7, 11) is 1.40. The number of carbonyl (C=O) groups is 2. The van der Waals surface area contributed by atoms with E-state index >= 15 is 0 Å². The molecule has 0 aromatic heterocycles. The van der Waals surface area contributed by atoms with Gasteiger partial charge in [-0.05, 0) is 92.9 Å². The summed E-state index contributed by atoms with van der Waals surface area (Å²) in [4.78, 5) is 24.8. The van der Waals surface area contributed by atoms with Crippen LogP contribution in [0.2, 0.25) is 0 Å². The number of rotatable bonds is 5. The van der Waals surface area contributed by atoms with E-state index in [-0.39, 0.29) is 53.8 Å². The molecule has 0 bridgehead atoms. The molecule has 41 heavy (non-hydrogen) atoms. The van der Waals surface area contributed by atoms with Crippen LogP contribution in [0.5, 0.6) is 11.5 Å². The van der Waals surface area contributed by atoms with Crippen molar-refractivity contribution in [1.82, 2.24) is 5.43 Å². The van der Waals surface area contributed by atoms with Gasteiger partial charge in [0.05, 0.1) is 24.4 Å². The summed E-state index contributed by atoms with van der Waals surface area (Å²) in [6.07, 6.45) is 7.71. The van der Waals surface area contributed by atoms with Crippen molar-refractivity contribution in [2.24, 2.45) is 33.7 Å². The number of phenols is 1. The third kappa shape index (κ3) is 4.12. The number of aliphatic hydroxyl groups excluding tert-OH is 1. The van der Waals surface area contributed by atoms with Gasteiger partial charge in [-0.1, -0.05) is 6.92 Å². The maximum absolute atomic E-state index is 12.9. The standard InChI is InChI=1S/C31H40N2O8/c1-28-9-6-22-23(31(28,39)12-8-21(28)19-14-26(36)41-16-19)7-11-30(38)15-20(34)5-10-29(22,30)17-32-33-27(37)18-3-4-24(35)25(13-18)40-2/h3-4,13-14,17,20-23,34-35,38-39H,5-12,15-16H2,1-2H3,(H,33,37)/b32-17+/t20-,21?,22+,23-,28?,29?,30?,31?/m1/s1. The van der Waals surface area contributed by atoms with Gasteiger partial charge in [0.1, 0.15) is 6.61 Å². The maximum atomic E-state index is 12.9. The van der Waals surface area contributed by atoms with Crippen molar-refractivity contribution in [3.8, 4) is 11.5 Å². The van der Waals surface area contributed by atoms with Crippen LogP contribution in [0.4, 0.5) is 0 Å². The monoisotopic (exact) mass is 568 g/mol. The molecule has 0 spiro atoms. The van der Waals surface area contributed by atoms with E-state index in [0.29, 0.717) is 32.1 Å². The molecule has 4 fully saturated rings. The zero-order chi connectivity index (χ0) is 29.2. The number of aliphatic hydroxyl groups is 3. The summed E-state index contributed by atoms with van der Waals surface area (Å²) < 4.78 is 10.3. The number of hydrazone groups is 1. The van der Waals surface area contributed by atoms with E-state index in [4.69, 9.17) is 9.47 Å². The molecule has 1 aliphatic heterocycles. The number of amides is 1. The Balaban J connectivity index is 1.31. The minimum atomic E-state index is -1.22. The molecule has 10 nitrogen and oxygen atoms in total. The number of nitrogens with zero attached hydrogens (tertiary/aromatic N) is 1. The molecular formula is C31H40N2O8. The van der Waals surface area contributed by atoms with Crippen LogP contribution in [0.3, 0.4) is 0 Å². The van der Waals surface area contributed by atoms with Crippen LogP contribution in [0.25, 0.3) is 0 Å². The van der Waals surface area contributed by atoms with Gasteiger partial charge in [-0.25, -0.2) is 10.2 Å². The van der Waals surface area contributed by atoms with Crippen molar-refractivity contribution in [3.63, 3.8) is 0 Å². The largest absolute Gasteiger partial charge is 0.504 e. The fourth-order valence-electron chi connectivity index (χ4n) is 9.45. The Hall–Kier alpha value is -2.95. The number of hydrogen-bond donors (Lipinski definition) is 5. The van der Waals surface area contributed by atoms with Gasteiger partial charge in [-0.2, -0.15) is 5.10 Å². The van der Waals surface area contributed by atoms with Crippen LogP contribution < -0.4 is 10.2 Å². The molecule has 0 radical (unpaired) electrons. The summed E-state index contributed by atoms with van der Waals surface area (Å²) in [6.45, 7) is 2.42. The van der Waals surface area contributed by atoms with Crippen LogP contribution in [0.15, 0.2) is 34.9 Å². The average molecular weight is 569 g/mol. The molecule has 4 saturated carbocycles. The number of nitrogens with one attached hydrogen (secondary N) is 1. The van der Waals surface area contributed by atoms with Crippen LogP contribution in [-0.4, -0.2) is 69.5 Å². The summed E-state index contributed by atoms with van der Waals surface area (Å²) in [5, 5.41) is 49.5. The molecule has 1 aromatic carbocycles. The summed E-state index contributed by atoms with van der Waals surface area (Å²) in [6, 6.07) is 4.27. The van der Waals surface area contributed by atoms with Crippen molar-refractivity contribution in [2.75, 3.05) is 13.7 Å². The first kappa shape index (κ1) is 28.2. The molecule has 10 heteroatoms. The molecule has 6 rings (SSSR count). The molecule has 5 N–H and O–H groups in total. The molecular weight excluding hydrogens is 528 g/mol. The minimum absolute atomic E-state index is 0.0556. The van der Waals surface area contributed by atoms with E-state index in [1.54, 1.807) is 12.3 Å². The highest BCUT2D eigenvalue weighted by molar-refractivity contribution is 5.95. The number of fused-ring (bicyclic) bond motifs is 5. The number of cyclic esters (lactones) is 1. The smallest absolute Gasteiger partial charge is 0.331 e. The normalized spacial score (nSPS) is 41.7. The third-order valence-electron chi connectivity index (χ3n) is 11.5. The molecule has 0 saturated heterocycles. The minimum Gasteiger partial charge on any atom is -0.504 e. The molecule has 5 unspecified atom stereocenters. The zero-order valence-corrected chi connectivity index (χ0v) is 23.6. The fourth-order valence-corrected chi connectivity index (χ4v) is 9.45. The second-order valence-electron chi connectivity index (χ2n) is 13.1. The number of methoxy groups -OCH3 is 1. The van der Waals surface area contributed by atoms with Crippen LogP contribution in [-0.2, 0) is 9.53 Å². The van der Waals surface area contributed by atoms with Gasteiger partial charge in [0, 0.05) is 35.1 Å². The topological polar surface area (TPSA) is 158 Å². The van der Waals surface area contributed by atoms with Crippen molar-refractivity contribution in [2.45, 2.75) is 82.0 Å². The Kier molecular flexibility index (Phi) is 6.75. The van der Waals surface area contributed by atoms with E-state index in [1.165, 1.54) is 25.3 Å². The van der Waals surface area contributed by atoms with E-state index in [9.17, 15) is 30.0 Å². The molecule has 1 heterocycles. The van der Waals surface area contributed by atoms with Crippen LogP contribution in [0.1, 0.15) is 75.1 Å². The average Bonchev–Trinajstić information content (AvgIpc) is 3.48. The molecule has 8 atom stereocenters. The number of esters is 1. The zero-order valence-electron chi connectivity index (χ0n) is 23.6. The summed E-state index contributed by atoms with van der Waals surface area (Å²) in [5.74, 6) is -0.870. The Morgan fingerprint density at radius 2 is 1.90 bits per heavy atom. The Bertz CT molecular complexity index is 1310. The lowest BCUT2D eigenvalue weighted by Gasteiger charge is -2.65. The predicted octanol–water partition coefficient (Wildman–Crippen LogP) is 2.83. The number of aromatic hydroxyl groups is 1. The number of carbonyl (C=O) groups excluding carboxylic acids is 2. The van der Waals surface area contributed by atoms with Gasteiger partial charge < -0.3 is 29.9 Å². The summed E-state index contributed by atoms with van der Waals surface area (Å²) >= 11 is 0. The van der Waals surface area contributed by atoms with Gasteiger partial charge in [0.15, 0.2) is 11.5 Å². The van der Waals surface area contributed by atoms with Crippen molar-refractivity contribution < 1.29 is 39.5 Å². The first-order valence-corrected chi connectivity index (χ1v) is 14.7. The molecule has 4 aliphatic carbocycles.